The lowest BCUT2D eigenvalue weighted by Gasteiger charge is -2.11. The van der Waals surface area contributed by atoms with Gasteiger partial charge in [0, 0.05) is 6.54 Å². The largest absolute Gasteiger partial charge is 0.380 e. The first-order valence-electron chi connectivity index (χ1n) is 5.47. The van der Waals surface area contributed by atoms with Crippen LogP contribution in [0.3, 0.4) is 0 Å². The second kappa shape index (κ2) is 5.03. The molecule has 0 unspecified atom stereocenters. The van der Waals surface area contributed by atoms with E-state index in [1.807, 2.05) is 25.1 Å². The summed E-state index contributed by atoms with van der Waals surface area (Å²) in [5.41, 5.74) is 5.35. The Balaban J connectivity index is 2.20. The first kappa shape index (κ1) is 11.7. The Bertz CT molecular complexity index is 564. The summed E-state index contributed by atoms with van der Waals surface area (Å²) in [4.78, 5) is 0. The van der Waals surface area contributed by atoms with E-state index in [2.05, 4.69) is 29.1 Å². The molecule has 1 aromatic carbocycles. The fourth-order valence-corrected chi connectivity index (χ4v) is 2.60. The average molecular weight is 242 g/mol. The van der Waals surface area contributed by atoms with Gasteiger partial charge in [-0.3, -0.25) is 0 Å². The van der Waals surface area contributed by atoms with Crippen LogP contribution in [0.2, 0.25) is 0 Å². The van der Waals surface area contributed by atoms with Gasteiger partial charge in [-0.2, -0.15) is 16.6 Å². The Kier molecular flexibility index (Phi) is 3.46. The number of rotatable bonds is 3. The van der Waals surface area contributed by atoms with Crippen LogP contribution in [0.25, 0.3) is 0 Å². The molecule has 1 heterocycles. The minimum Gasteiger partial charge on any atom is -0.380 e. The Hall–Kier alpha value is -1.79. The highest BCUT2D eigenvalue weighted by Crippen LogP contribution is 2.22. The van der Waals surface area contributed by atoms with Crippen LogP contribution < -0.4 is 5.32 Å². The van der Waals surface area contributed by atoms with Crippen LogP contribution in [0.1, 0.15) is 22.3 Å². The fourth-order valence-electron chi connectivity index (χ4n) is 1.75. The van der Waals surface area contributed by atoms with E-state index in [4.69, 9.17) is 5.26 Å². The monoisotopic (exact) mass is 242 g/mol. The minimum absolute atomic E-state index is 0.706. The Morgan fingerprint density at radius 2 is 2.06 bits per heavy atom. The molecular formula is C14H14N2S. The van der Waals surface area contributed by atoms with E-state index in [9.17, 15) is 0 Å². The van der Waals surface area contributed by atoms with Gasteiger partial charge in [-0.25, -0.2) is 0 Å². The maximum Gasteiger partial charge on any atom is 0.101 e. The number of hydrogen-bond donors (Lipinski definition) is 1. The van der Waals surface area contributed by atoms with Gasteiger partial charge in [0.15, 0.2) is 0 Å². The van der Waals surface area contributed by atoms with Gasteiger partial charge in [-0.15, -0.1) is 0 Å². The summed E-state index contributed by atoms with van der Waals surface area (Å²) >= 11 is 1.71. The second-order valence-electron chi connectivity index (χ2n) is 4.04. The molecule has 2 aromatic rings. The summed E-state index contributed by atoms with van der Waals surface area (Å²) < 4.78 is 0. The van der Waals surface area contributed by atoms with Crippen molar-refractivity contribution < 1.29 is 0 Å². The SMILES string of the molecule is Cc1cscc1CNc1c(C)cccc1C#N. The van der Waals surface area contributed by atoms with Gasteiger partial charge in [0.05, 0.1) is 11.3 Å². The smallest absolute Gasteiger partial charge is 0.101 e. The number of para-hydroxylation sites is 1. The standard InChI is InChI=1S/C14H14N2S/c1-10-4-3-5-12(6-15)14(10)16-7-13-9-17-8-11(13)2/h3-5,8-9,16H,7H2,1-2H3. The zero-order valence-electron chi connectivity index (χ0n) is 9.95. The Morgan fingerprint density at radius 3 is 2.71 bits per heavy atom. The molecule has 3 heteroatoms. The van der Waals surface area contributed by atoms with Crippen molar-refractivity contribution in [2.75, 3.05) is 5.32 Å². The van der Waals surface area contributed by atoms with Crippen molar-refractivity contribution in [3.8, 4) is 6.07 Å². The van der Waals surface area contributed by atoms with Gasteiger partial charge >= 0.3 is 0 Å². The molecule has 0 aliphatic heterocycles. The molecule has 0 atom stereocenters. The summed E-state index contributed by atoms with van der Waals surface area (Å²) in [7, 11) is 0. The lowest BCUT2D eigenvalue weighted by Crippen LogP contribution is -2.03. The molecule has 0 spiro atoms. The molecular weight excluding hydrogens is 228 g/mol. The molecule has 0 aliphatic carbocycles. The number of benzene rings is 1. The van der Waals surface area contributed by atoms with E-state index in [1.54, 1.807) is 11.3 Å². The number of thiophene rings is 1. The number of anilines is 1. The van der Waals surface area contributed by atoms with E-state index in [1.165, 1.54) is 11.1 Å². The highest BCUT2D eigenvalue weighted by molar-refractivity contribution is 7.08. The van der Waals surface area contributed by atoms with Gasteiger partial charge in [0.2, 0.25) is 0 Å². The number of nitrogens with one attached hydrogen (secondary N) is 1. The second-order valence-corrected chi connectivity index (χ2v) is 4.79. The predicted molar refractivity (Wildman–Crippen MR) is 72.3 cm³/mol. The van der Waals surface area contributed by atoms with Crippen LogP contribution in [-0.2, 0) is 6.54 Å². The molecule has 2 rings (SSSR count). The van der Waals surface area contributed by atoms with Crippen LogP contribution in [-0.4, -0.2) is 0 Å². The van der Waals surface area contributed by atoms with E-state index >= 15 is 0 Å². The molecule has 86 valence electrons. The third-order valence-electron chi connectivity index (χ3n) is 2.81. The van der Waals surface area contributed by atoms with Crippen molar-refractivity contribution >= 4 is 17.0 Å². The van der Waals surface area contributed by atoms with Crippen molar-refractivity contribution in [2.24, 2.45) is 0 Å². The molecule has 17 heavy (non-hydrogen) atoms. The summed E-state index contributed by atoms with van der Waals surface area (Å²) in [6, 6.07) is 7.99. The fraction of sp³-hybridized carbons (Fsp3) is 0.214. The molecule has 0 amide bonds. The number of nitrogens with zero attached hydrogens (tertiary/aromatic N) is 1. The Morgan fingerprint density at radius 1 is 1.24 bits per heavy atom. The topological polar surface area (TPSA) is 35.8 Å². The molecule has 1 aromatic heterocycles. The molecule has 0 fully saturated rings. The molecule has 0 aliphatic rings. The maximum atomic E-state index is 9.07. The molecule has 1 N–H and O–H groups in total. The summed E-state index contributed by atoms with van der Waals surface area (Å²) in [5.74, 6) is 0. The summed E-state index contributed by atoms with van der Waals surface area (Å²) in [6.07, 6.45) is 0. The predicted octanol–water partition coefficient (Wildman–Crippen LogP) is 3.85. The number of aryl methyl sites for hydroxylation is 2. The lowest BCUT2D eigenvalue weighted by atomic mass is 10.1. The summed E-state index contributed by atoms with van der Waals surface area (Å²) in [5, 5.41) is 16.7. The van der Waals surface area contributed by atoms with Crippen molar-refractivity contribution in [3.05, 3.63) is 51.2 Å². The van der Waals surface area contributed by atoms with E-state index in [0.29, 0.717) is 5.56 Å². The van der Waals surface area contributed by atoms with Crippen LogP contribution in [0.4, 0.5) is 5.69 Å². The lowest BCUT2D eigenvalue weighted by molar-refractivity contribution is 1.13. The van der Waals surface area contributed by atoms with Gasteiger partial charge in [-0.05, 0) is 47.4 Å². The maximum absolute atomic E-state index is 9.07. The highest BCUT2D eigenvalue weighted by Gasteiger charge is 2.05. The molecule has 0 bridgehead atoms. The zero-order valence-corrected chi connectivity index (χ0v) is 10.8. The van der Waals surface area contributed by atoms with Crippen molar-refractivity contribution in [2.45, 2.75) is 20.4 Å². The normalized spacial score (nSPS) is 9.94. The van der Waals surface area contributed by atoms with Crippen molar-refractivity contribution in [1.29, 1.82) is 5.26 Å². The third kappa shape index (κ3) is 2.48. The summed E-state index contributed by atoms with van der Waals surface area (Å²) in [6.45, 7) is 4.90. The molecule has 0 radical (unpaired) electrons. The van der Waals surface area contributed by atoms with Crippen LogP contribution in [0.15, 0.2) is 29.0 Å². The van der Waals surface area contributed by atoms with Gasteiger partial charge in [-0.1, -0.05) is 12.1 Å². The average Bonchev–Trinajstić information content (AvgIpc) is 2.73. The quantitative estimate of drug-likeness (QED) is 0.887. The number of nitriles is 1. The van der Waals surface area contributed by atoms with Gasteiger partial charge in [0.1, 0.15) is 6.07 Å². The molecule has 0 saturated carbocycles. The van der Waals surface area contributed by atoms with Crippen LogP contribution >= 0.6 is 11.3 Å². The molecule has 0 saturated heterocycles. The van der Waals surface area contributed by atoms with Crippen molar-refractivity contribution in [3.63, 3.8) is 0 Å². The first-order chi connectivity index (χ1) is 8.22. The van der Waals surface area contributed by atoms with Crippen LogP contribution in [0.5, 0.6) is 0 Å². The molecule has 2 nitrogen and oxygen atoms in total. The minimum atomic E-state index is 0.706. The zero-order chi connectivity index (χ0) is 12.3. The van der Waals surface area contributed by atoms with E-state index < -0.39 is 0 Å². The Labute approximate surface area is 106 Å². The van der Waals surface area contributed by atoms with E-state index in [-0.39, 0.29) is 0 Å². The third-order valence-corrected chi connectivity index (χ3v) is 3.72. The highest BCUT2D eigenvalue weighted by atomic mass is 32.1. The van der Waals surface area contributed by atoms with E-state index in [0.717, 1.165) is 17.8 Å². The first-order valence-corrected chi connectivity index (χ1v) is 6.42. The number of hydrogen-bond acceptors (Lipinski definition) is 3. The van der Waals surface area contributed by atoms with Crippen LogP contribution in [0, 0.1) is 25.2 Å². The van der Waals surface area contributed by atoms with Gasteiger partial charge in [0.25, 0.3) is 0 Å². The van der Waals surface area contributed by atoms with Crippen molar-refractivity contribution in [1.82, 2.24) is 0 Å². The van der Waals surface area contributed by atoms with Gasteiger partial charge < -0.3 is 5.32 Å².